The molecular formula is C18H16NO2S+. The van der Waals surface area contributed by atoms with Gasteiger partial charge in [-0.1, -0.05) is 30.3 Å². The molecule has 1 aromatic heterocycles. The summed E-state index contributed by atoms with van der Waals surface area (Å²) in [6, 6.07) is 21.0. The Hall–Kier alpha value is -2.46. The lowest BCUT2D eigenvalue weighted by Gasteiger charge is -2.04. The summed E-state index contributed by atoms with van der Waals surface area (Å²) in [5.74, 6) is 0. The van der Waals surface area contributed by atoms with Crippen LogP contribution in [-0.2, 0) is 9.84 Å². The molecule has 0 N–H and O–H groups in total. The molecule has 1 heterocycles. The molecule has 110 valence electrons. The minimum atomic E-state index is -3.19. The van der Waals surface area contributed by atoms with Gasteiger partial charge in [-0.15, -0.1) is 0 Å². The fourth-order valence-corrected chi connectivity index (χ4v) is 2.96. The monoisotopic (exact) mass is 310 g/mol. The molecule has 0 radical (unpaired) electrons. The molecule has 0 fully saturated rings. The molecule has 0 saturated carbocycles. The molecule has 22 heavy (non-hydrogen) atoms. The van der Waals surface area contributed by atoms with Gasteiger partial charge in [0.05, 0.1) is 4.90 Å². The van der Waals surface area contributed by atoms with E-state index in [1.54, 1.807) is 18.2 Å². The SMILES string of the molecule is CS(=O)(=O)c1cccc(-c2cc[n+](-c3ccccc3)cc2)c1. The molecule has 3 rings (SSSR count). The number of para-hydroxylation sites is 1. The predicted molar refractivity (Wildman–Crippen MR) is 86.5 cm³/mol. The van der Waals surface area contributed by atoms with Crippen molar-refractivity contribution in [3.8, 4) is 16.8 Å². The first-order valence-corrected chi connectivity index (χ1v) is 8.80. The quantitative estimate of drug-likeness (QED) is 0.697. The van der Waals surface area contributed by atoms with Gasteiger partial charge >= 0.3 is 0 Å². The van der Waals surface area contributed by atoms with E-state index in [2.05, 4.69) is 0 Å². The molecular weight excluding hydrogens is 294 g/mol. The van der Waals surface area contributed by atoms with Crippen molar-refractivity contribution < 1.29 is 13.0 Å². The highest BCUT2D eigenvalue weighted by Crippen LogP contribution is 2.21. The number of sulfone groups is 1. The summed E-state index contributed by atoms with van der Waals surface area (Å²) in [6.07, 6.45) is 5.16. The third kappa shape index (κ3) is 3.07. The average molecular weight is 310 g/mol. The standard InChI is InChI=1S/C18H16NO2S/c1-22(20,21)18-9-5-6-16(14-18)15-10-12-19(13-11-15)17-7-3-2-4-8-17/h2-14H,1H3/q+1. The van der Waals surface area contributed by atoms with Gasteiger partial charge in [-0.05, 0) is 23.3 Å². The van der Waals surface area contributed by atoms with Gasteiger partial charge in [-0.2, -0.15) is 4.57 Å². The Morgan fingerprint density at radius 2 is 1.45 bits per heavy atom. The normalized spacial score (nSPS) is 11.3. The molecule has 0 aliphatic heterocycles. The predicted octanol–water partition coefficient (Wildman–Crippen LogP) is 3.03. The van der Waals surface area contributed by atoms with Gasteiger partial charge < -0.3 is 0 Å². The van der Waals surface area contributed by atoms with E-state index in [4.69, 9.17) is 0 Å². The maximum Gasteiger partial charge on any atom is 0.210 e. The van der Waals surface area contributed by atoms with E-state index in [1.807, 2.05) is 65.5 Å². The summed E-state index contributed by atoms with van der Waals surface area (Å²) in [5, 5.41) is 0. The van der Waals surface area contributed by atoms with Crippen molar-refractivity contribution in [2.45, 2.75) is 4.90 Å². The van der Waals surface area contributed by atoms with Crippen molar-refractivity contribution in [3.63, 3.8) is 0 Å². The first-order valence-electron chi connectivity index (χ1n) is 6.91. The fraction of sp³-hybridized carbons (Fsp3) is 0.0556. The van der Waals surface area contributed by atoms with Gasteiger partial charge in [0.2, 0.25) is 5.69 Å². The van der Waals surface area contributed by atoms with Crippen molar-refractivity contribution in [2.75, 3.05) is 6.26 Å². The van der Waals surface area contributed by atoms with Crippen LogP contribution in [0.4, 0.5) is 0 Å². The number of benzene rings is 2. The maximum atomic E-state index is 11.7. The highest BCUT2D eigenvalue weighted by atomic mass is 32.2. The number of rotatable bonds is 3. The Bertz CT molecular complexity index is 886. The molecule has 0 aliphatic carbocycles. The van der Waals surface area contributed by atoms with Crippen LogP contribution in [-0.4, -0.2) is 14.7 Å². The first kappa shape index (κ1) is 14.5. The van der Waals surface area contributed by atoms with Crippen LogP contribution in [0.5, 0.6) is 0 Å². The Morgan fingerprint density at radius 3 is 2.09 bits per heavy atom. The summed E-state index contributed by atoms with van der Waals surface area (Å²) in [7, 11) is -3.19. The van der Waals surface area contributed by atoms with Crippen LogP contribution >= 0.6 is 0 Å². The van der Waals surface area contributed by atoms with Crippen LogP contribution in [0.2, 0.25) is 0 Å². The highest BCUT2D eigenvalue weighted by molar-refractivity contribution is 7.90. The van der Waals surface area contributed by atoms with E-state index in [0.29, 0.717) is 4.90 Å². The molecule has 0 aliphatic rings. The summed E-state index contributed by atoms with van der Waals surface area (Å²) >= 11 is 0. The molecule has 3 nitrogen and oxygen atoms in total. The molecule has 2 aromatic carbocycles. The first-order chi connectivity index (χ1) is 10.5. The Labute approximate surface area is 130 Å². The Kier molecular flexibility index (Phi) is 3.77. The van der Waals surface area contributed by atoms with Crippen molar-refractivity contribution in [1.82, 2.24) is 0 Å². The highest BCUT2D eigenvalue weighted by Gasteiger charge is 2.10. The van der Waals surface area contributed by atoms with Gasteiger partial charge in [-0.25, -0.2) is 8.42 Å². The lowest BCUT2D eigenvalue weighted by Crippen LogP contribution is -2.28. The van der Waals surface area contributed by atoms with Crippen molar-refractivity contribution in [1.29, 1.82) is 0 Å². The van der Waals surface area contributed by atoms with Crippen molar-refractivity contribution >= 4 is 9.84 Å². The summed E-state index contributed by atoms with van der Waals surface area (Å²) < 4.78 is 25.3. The maximum absolute atomic E-state index is 11.7. The number of hydrogen-bond acceptors (Lipinski definition) is 2. The second kappa shape index (κ2) is 5.73. The lowest BCUT2D eigenvalue weighted by atomic mass is 10.1. The number of aromatic nitrogens is 1. The smallest absolute Gasteiger partial charge is 0.210 e. The van der Waals surface area contributed by atoms with Crippen LogP contribution < -0.4 is 4.57 Å². The van der Waals surface area contributed by atoms with E-state index in [1.165, 1.54) is 6.26 Å². The van der Waals surface area contributed by atoms with Crippen LogP contribution in [0, 0.1) is 0 Å². The van der Waals surface area contributed by atoms with E-state index in [0.717, 1.165) is 16.8 Å². The van der Waals surface area contributed by atoms with Crippen molar-refractivity contribution in [3.05, 3.63) is 79.1 Å². The topological polar surface area (TPSA) is 38.0 Å². The minimum absolute atomic E-state index is 0.338. The largest absolute Gasteiger partial charge is 0.224 e. The Balaban J connectivity index is 1.97. The van der Waals surface area contributed by atoms with E-state index >= 15 is 0 Å². The van der Waals surface area contributed by atoms with E-state index < -0.39 is 9.84 Å². The number of nitrogens with zero attached hydrogens (tertiary/aromatic N) is 1. The third-order valence-corrected chi connectivity index (χ3v) is 4.59. The van der Waals surface area contributed by atoms with Crippen LogP contribution in [0.3, 0.4) is 0 Å². The molecule has 0 amide bonds. The van der Waals surface area contributed by atoms with Crippen LogP contribution in [0.25, 0.3) is 16.8 Å². The number of hydrogen-bond donors (Lipinski definition) is 0. The fourth-order valence-electron chi connectivity index (χ4n) is 2.30. The van der Waals surface area contributed by atoms with Gasteiger partial charge in [-0.3, -0.25) is 0 Å². The molecule has 0 saturated heterocycles. The number of pyridine rings is 1. The zero-order chi connectivity index (χ0) is 15.6. The summed E-state index contributed by atoms with van der Waals surface area (Å²) in [6.45, 7) is 0. The van der Waals surface area contributed by atoms with Gasteiger partial charge in [0.15, 0.2) is 22.2 Å². The molecule has 0 atom stereocenters. The third-order valence-electron chi connectivity index (χ3n) is 3.48. The van der Waals surface area contributed by atoms with Crippen molar-refractivity contribution in [2.24, 2.45) is 0 Å². The van der Waals surface area contributed by atoms with Gasteiger partial charge in [0.1, 0.15) is 0 Å². The zero-order valence-electron chi connectivity index (χ0n) is 12.2. The van der Waals surface area contributed by atoms with Crippen LogP contribution in [0.1, 0.15) is 0 Å². The second-order valence-electron chi connectivity index (χ2n) is 5.13. The summed E-state index contributed by atoms with van der Waals surface area (Å²) in [4.78, 5) is 0.338. The second-order valence-corrected chi connectivity index (χ2v) is 7.15. The van der Waals surface area contributed by atoms with Crippen LogP contribution in [0.15, 0.2) is 84.0 Å². The van der Waals surface area contributed by atoms with Gasteiger partial charge in [0.25, 0.3) is 0 Å². The van der Waals surface area contributed by atoms with E-state index in [9.17, 15) is 8.42 Å². The molecule has 0 unspecified atom stereocenters. The molecule has 0 bridgehead atoms. The average Bonchev–Trinajstić information content (AvgIpc) is 2.55. The van der Waals surface area contributed by atoms with Gasteiger partial charge in [0, 0.05) is 30.5 Å². The van der Waals surface area contributed by atoms with E-state index in [-0.39, 0.29) is 0 Å². The minimum Gasteiger partial charge on any atom is -0.224 e. The zero-order valence-corrected chi connectivity index (χ0v) is 13.0. The molecule has 0 spiro atoms. The Morgan fingerprint density at radius 1 is 0.773 bits per heavy atom. The molecule has 4 heteroatoms. The molecule has 3 aromatic rings. The summed E-state index contributed by atoms with van der Waals surface area (Å²) in [5.41, 5.74) is 2.96. The lowest BCUT2D eigenvalue weighted by molar-refractivity contribution is -0.595.